The summed E-state index contributed by atoms with van der Waals surface area (Å²) in [4.78, 5) is 2.45. The van der Waals surface area contributed by atoms with Gasteiger partial charge in [0, 0.05) is 25.6 Å². The second kappa shape index (κ2) is 11.3. The highest BCUT2D eigenvalue weighted by Gasteiger charge is 2.38. The Labute approximate surface area is 203 Å². The van der Waals surface area contributed by atoms with Crippen molar-refractivity contribution < 1.29 is 17.7 Å². The van der Waals surface area contributed by atoms with Crippen LogP contribution in [0.15, 0.2) is 89.8 Å². The van der Waals surface area contributed by atoms with E-state index in [4.69, 9.17) is 4.18 Å². The van der Waals surface area contributed by atoms with E-state index in [1.807, 2.05) is 43.3 Å². The fourth-order valence-corrected chi connectivity index (χ4v) is 5.83. The maximum Gasteiger partial charge on any atom is 0.297 e. The number of hydrogen-bond acceptors (Lipinski definition) is 5. The standard InChI is InChI=1S/C28H33NO4S/c1-22-15-17-26(18-16-22)34(31,32)33-28-25(13-8-14-27(28)30)21-29(19-23-9-4-2-5-10-23)20-24-11-6-3-7-12-24/h2-7,9-12,15-18,25,27-28,30H,8,13-14,19-21H2,1H3/t25-,27+,28+/m0/s1. The Hall–Kier alpha value is -2.51. The number of rotatable bonds is 9. The summed E-state index contributed by atoms with van der Waals surface area (Å²) in [6.07, 6.45) is 0.622. The maximum atomic E-state index is 13.0. The van der Waals surface area contributed by atoms with Crippen molar-refractivity contribution in [2.75, 3.05) is 6.54 Å². The van der Waals surface area contributed by atoms with Gasteiger partial charge < -0.3 is 5.11 Å². The molecule has 0 heterocycles. The summed E-state index contributed by atoms with van der Waals surface area (Å²) < 4.78 is 31.8. The summed E-state index contributed by atoms with van der Waals surface area (Å²) in [6, 6.07) is 27.2. The first-order valence-corrected chi connectivity index (χ1v) is 13.3. The highest BCUT2D eigenvalue weighted by molar-refractivity contribution is 7.86. The Morgan fingerprint density at radius 3 is 1.97 bits per heavy atom. The molecule has 1 fully saturated rings. The van der Waals surface area contributed by atoms with E-state index in [2.05, 4.69) is 29.2 Å². The number of aliphatic hydroxyl groups is 1. The van der Waals surface area contributed by atoms with Gasteiger partial charge in [-0.05, 0) is 43.0 Å². The van der Waals surface area contributed by atoms with Gasteiger partial charge in [-0.2, -0.15) is 8.42 Å². The van der Waals surface area contributed by atoms with Gasteiger partial charge in [-0.1, -0.05) is 84.8 Å². The predicted molar refractivity (Wildman–Crippen MR) is 134 cm³/mol. The van der Waals surface area contributed by atoms with Crippen LogP contribution < -0.4 is 0 Å². The molecule has 0 aliphatic heterocycles. The molecule has 0 saturated heterocycles. The van der Waals surface area contributed by atoms with Gasteiger partial charge >= 0.3 is 0 Å². The molecule has 5 nitrogen and oxygen atoms in total. The first kappa shape index (κ1) is 24.6. The highest BCUT2D eigenvalue weighted by atomic mass is 32.2. The van der Waals surface area contributed by atoms with Gasteiger partial charge in [-0.25, -0.2) is 0 Å². The van der Waals surface area contributed by atoms with Crippen LogP contribution in [0.2, 0.25) is 0 Å². The van der Waals surface area contributed by atoms with Crippen molar-refractivity contribution in [3.63, 3.8) is 0 Å². The molecule has 3 aromatic rings. The van der Waals surface area contributed by atoms with Crippen LogP contribution in [-0.2, 0) is 27.4 Å². The van der Waals surface area contributed by atoms with Crippen LogP contribution in [0.4, 0.5) is 0 Å². The van der Waals surface area contributed by atoms with Crippen molar-refractivity contribution >= 4 is 10.1 Å². The lowest BCUT2D eigenvalue weighted by molar-refractivity contribution is -0.0361. The molecule has 3 aromatic carbocycles. The van der Waals surface area contributed by atoms with Gasteiger partial charge in [0.15, 0.2) is 0 Å². The number of nitrogens with zero attached hydrogens (tertiary/aromatic N) is 1. The molecule has 0 bridgehead atoms. The molecular weight excluding hydrogens is 446 g/mol. The SMILES string of the molecule is Cc1ccc(S(=O)(=O)O[C@@H]2[C@H](CN(Cc3ccccc3)Cc3ccccc3)CCC[C@H]2O)cc1. The molecule has 180 valence electrons. The summed E-state index contributed by atoms with van der Waals surface area (Å²) in [5, 5.41) is 10.8. The average molecular weight is 480 g/mol. The molecule has 0 spiro atoms. The van der Waals surface area contributed by atoms with Crippen molar-refractivity contribution in [1.29, 1.82) is 0 Å². The Kier molecular flexibility index (Phi) is 8.16. The minimum Gasteiger partial charge on any atom is -0.390 e. The molecule has 3 atom stereocenters. The van der Waals surface area contributed by atoms with Crippen molar-refractivity contribution in [2.24, 2.45) is 5.92 Å². The van der Waals surface area contributed by atoms with E-state index < -0.39 is 22.3 Å². The molecule has 1 saturated carbocycles. The van der Waals surface area contributed by atoms with Crippen LogP contribution in [0.25, 0.3) is 0 Å². The third kappa shape index (κ3) is 6.54. The maximum absolute atomic E-state index is 13.0. The second-order valence-electron chi connectivity index (χ2n) is 9.23. The van der Waals surface area contributed by atoms with Crippen LogP contribution in [0, 0.1) is 12.8 Å². The lowest BCUT2D eigenvalue weighted by atomic mass is 9.84. The number of hydrogen-bond donors (Lipinski definition) is 1. The third-order valence-corrected chi connectivity index (χ3v) is 7.78. The van der Waals surface area contributed by atoms with Crippen LogP contribution >= 0.6 is 0 Å². The fraction of sp³-hybridized carbons (Fsp3) is 0.357. The second-order valence-corrected chi connectivity index (χ2v) is 10.8. The number of aliphatic hydroxyl groups excluding tert-OH is 1. The van der Waals surface area contributed by atoms with E-state index in [0.29, 0.717) is 13.0 Å². The van der Waals surface area contributed by atoms with E-state index in [1.54, 1.807) is 24.3 Å². The van der Waals surface area contributed by atoms with Gasteiger partial charge in [0.2, 0.25) is 0 Å². The Morgan fingerprint density at radius 2 is 1.41 bits per heavy atom. The molecule has 1 aliphatic rings. The van der Waals surface area contributed by atoms with Crippen molar-refractivity contribution in [3.05, 3.63) is 102 Å². The van der Waals surface area contributed by atoms with Gasteiger partial charge in [0.1, 0.15) is 6.10 Å². The Bertz CT molecular complexity index is 1090. The lowest BCUT2D eigenvalue weighted by Gasteiger charge is -2.37. The molecular formula is C28H33NO4S. The fourth-order valence-electron chi connectivity index (χ4n) is 4.68. The summed E-state index contributed by atoms with van der Waals surface area (Å²) in [5.74, 6) is -0.101. The van der Waals surface area contributed by atoms with E-state index >= 15 is 0 Å². The monoisotopic (exact) mass is 479 g/mol. The molecule has 34 heavy (non-hydrogen) atoms. The first-order valence-electron chi connectivity index (χ1n) is 11.9. The summed E-state index contributed by atoms with van der Waals surface area (Å²) in [7, 11) is -3.97. The van der Waals surface area contributed by atoms with E-state index in [0.717, 1.165) is 31.5 Å². The van der Waals surface area contributed by atoms with Crippen LogP contribution in [0.5, 0.6) is 0 Å². The lowest BCUT2D eigenvalue weighted by Crippen LogP contribution is -2.45. The van der Waals surface area contributed by atoms with E-state index in [1.165, 1.54) is 11.1 Å². The van der Waals surface area contributed by atoms with E-state index in [9.17, 15) is 13.5 Å². The molecule has 4 rings (SSSR count). The molecule has 6 heteroatoms. The van der Waals surface area contributed by atoms with E-state index in [-0.39, 0.29) is 10.8 Å². The topological polar surface area (TPSA) is 66.8 Å². The third-order valence-electron chi connectivity index (χ3n) is 6.46. The molecule has 1 aliphatic carbocycles. The van der Waals surface area contributed by atoms with Crippen LogP contribution in [-0.4, -0.2) is 37.2 Å². The molecule has 0 unspecified atom stereocenters. The zero-order valence-corrected chi connectivity index (χ0v) is 20.4. The van der Waals surface area contributed by atoms with Crippen LogP contribution in [0.3, 0.4) is 0 Å². The normalized spacial score (nSPS) is 21.0. The van der Waals surface area contributed by atoms with Crippen LogP contribution in [0.1, 0.15) is 36.0 Å². The Balaban J connectivity index is 1.54. The zero-order valence-electron chi connectivity index (χ0n) is 19.6. The highest BCUT2D eigenvalue weighted by Crippen LogP contribution is 2.31. The van der Waals surface area contributed by atoms with Gasteiger partial charge in [-0.3, -0.25) is 9.08 Å². The Morgan fingerprint density at radius 1 is 0.853 bits per heavy atom. The van der Waals surface area contributed by atoms with Gasteiger partial charge in [-0.15, -0.1) is 0 Å². The smallest absolute Gasteiger partial charge is 0.297 e. The van der Waals surface area contributed by atoms with Crippen molar-refractivity contribution in [3.8, 4) is 0 Å². The predicted octanol–water partition coefficient (Wildman–Crippen LogP) is 4.93. The van der Waals surface area contributed by atoms with Gasteiger partial charge in [0.05, 0.1) is 11.0 Å². The zero-order chi connectivity index (χ0) is 24.0. The molecule has 0 aromatic heterocycles. The molecule has 0 radical (unpaired) electrons. The summed E-state index contributed by atoms with van der Waals surface area (Å²) in [6.45, 7) is 4.01. The molecule has 0 amide bonds. The molecule has 1 N–H and O–H groups in total. The van der Waals surface area contributed by atoms with Crippen molar-refractivity contribution in [1.82, 2.24) is 4.90 Å². The summed E-state index contributed by atoms with van der Waals surface area (Å²) >= 11 is 0. The van der Waals surface area contributed by atoms with Gasteiger partial charge in [0.25, 0.3) is 10.1 Å². The number of aryl methyl sites for hydroxylation is 1. The average Bonchev–Trinajstić information content (AvgIpc) is 2.83. The first-order chi connectivity index (χ1) is 16.4. The summed E-state index contributed by atoms with van der Waals surface area (Å²) in [5.41, 5.74) is 3.37. The minimum absolute atomic E-state index is 0.101. The minimum atomic E-state index is -3.97. The largest absolute Gasteiger partial charge is 0.390 e. The quantitative estimate of drug-likeness (QED) is 0.441. The van der Waals surface area contributed by atoms with Crippen molar-refractivity contribution in [2.45, 2.75) is 56.4 Å². The number of benzene rings is 3.